The lowest BCUT2D eigenvalue weighted by atomic mass is 9.99. The van der Waals surface area contributed by atoms with Gasteiger partial charge in [-0.15, -0.1) is 0 Å². The number of anilines is 1. The van der Waals surface area contributed by atoms with Crippen LogP contribution in [0, 0.1) is 0 Å². The minimum absolute atomic E-state index is 0.00750. The molecular formula is C18H25N3O4. The molecule has 1 fully saturated rings. The summed E-state index contributed by atoms with van der Waals surface area (Å²) in [7, 11) is 1.52. The molecule has 2 amide bonds. The summed E-state index contributed by atoms with van der Waals surface area (Å²) in [5, 5.41) is 0. The smallest absolute Gasteiger partial charge is 0.242 e. The molecule has 136 valence electrons. The number of carbonyl (C=O) groups excluding carboxylic acids is 2. The highest BCUT2D eigenvalue weighted by Gasteiger charge is 2.38. The number of amides is 2. The van der Waals surface area contributed by atoms with Gasteiger partial charge in [0, 0.05) is 25.9 Å². The van der Waals surface area contributed by atoms with Gasteiger partial charge in [0.05, 0.1) is 32.7 Å². The Kier molecular flexibility index (Phi) is 5.24. The maximum absolute atomic E-state index is 12.9. The first-order chi connectivity index (χ1) is 12.0. The van der Waals surface area contributed by atoms with Crippen LogP contribution >= 0.6 is 0 Å². The summed E-state index contributed by atoms with van der Waals surface area (Å²) in [6, 6.07) is 8.16. The summed E-state index contributed by atoms with van der Waals surface area (Å²) >= 11 is 0. The normalized spacial score (nSPS) is 23.2. The summed E-state index contributed by atoms with van der Waals surface area (Å²) in [5.41, 5.74) is 6.88. The Balaban J connectivity index is 1.70. The second-order valence-corrected chi connectivity index (χ2v) is 6.70. The minimum atomic E-state index is -0.874. The number of primary amides is 1. The van der Waals surface area contributed by atoms with E-state index >= 15 is 0 Å². The van der Waals surface area contributed by atoms with Gasteiger partial charge in [-0.25, -0.2) is 0 Å². The predicted molar refractivity (Wildman–Crippen MR) is 93.3 cm³/mol. The zero-order valence-electron chi connectivity index (χ0n) is 14.6. The first kappa shape index (κ1) is 17.7. The van der Waals surface area contributed by atoms with Gasteiger partial charge in [-0.1, -0.05) is 18.2 Å². The van der Waals surface area contributed by atoms with Crippen molar-refractivity contribution in [3.05, 3.63) is 29.8 Å². The van der Waals surface area contributed by atoms with Crippen LogP contribution in [-0.4, -0.2) is 68.8 Å². The van der Waals surface area contributed by atoms with Crippen molar-refractivity contribution in [3.63, 3.8) is 0 Å². The number of rotatable bonds is 5. The number of para-hydroxylation sites is 1. The lowest BCUT2D eigenvalue weighted by Crippen LogP contribution is -2.51. The van der Waals surface area contributed by atoms with Crippen LogP contribution in [0.4, 0.5) is 5.69 Å². The third kappa shape index (κ3) is 3.93. The second-order valence-electron chi connectivity index (χ2n) is 6.70. The topological polar surface area (TPSA) is 85.1 Å². The van der Waals surface area contributed by atoms with Crippen LogP contribution in [0.25, 0.3) is 0 Å². The Hall–Kier alpha value is -2.12. The Morgan fingerprint density at radius 3 is 2.88 bits per heavy atom. The average Bonchev–Trinajstić information content (AvgIpc) is 2.87. The van der Waals surface area contributed by atoms with Crippen LogP contribution < -0.4 is 10.6 Å². The van der Waals surface area contributed by atoms with Gasteiger partial charge in [0.2, 0.25) is 11.8 Å². The molecular weight excluding hydrogens is 322 g/mol. The fourth-order valence-corrected chi connectivity index (χ4v) is 3.57. The third-order valence-electron chi connectivity index (χ3n) is 4.94. The number of hydrogen-bond acceptors (Lipinski definition) is 5. The maximum atomic E-state index is 12.9. The van der Waals surface area contributed by atoms with E-state index in [1.165, 1.54) is 12.7 Å². The van der Waals surface area contributed by atoms with Crippen LogP contribution in [0.3, 0.4) is 0 Å². The molecule has 0 spiro atoms. The number of carbonyl (C=O) groups is 2. The molecule has 2 aliphatic heterocycles. The van der Waals surface area contributed by atoms with Crippen LogP contribution in [0.1, 0.15) is 12.0 Å². The van der Waals surface area contributed by atoms with Crippen molar-refractivity contribution in [1.29, 1.82) is 0 Å². The standard InChI is InChI=1S/C18H25N3O4/c1-24-18(10-16(19)22)12-21(8-9-25-13-18)17(23)11-20-7-6-14-4-2-3-5-15(14)20/h2-5H,6-13H2,1H3,(H2,19,22)/t18-/m0/s1. The molecule has 7 heteroatoms. The van der Waals surface area contributed by atoms with Crippen molar-refractivity contribution in [2.24, 2.45) is 5.73 Å². The summed E-state index contributed by atoms with van der Waals surface area (Å²) < 4.78 is 11.1. The third-order valence-corrected chi connectivity index (χ3v) is 4.94. The molecule has 0 bridgehead atoms. The maximum Gasteiger partial charge on any atom is 0.242 e. The van der Waals surface area contributed by atoms with Crippen molar-refractivity contribution < 1.29 is 19.1 Å². The number of nitrogens with zero attached hydrogens (tertiary/aromatic N) is 2. The van der Waals surface area contributed by atoms with E-state index in [0.717, 1.165) is 18.7 Å². The van der Waals surface area contributed by atoms with E-state index in [9.17, 15) is 9.59 Å². The van der Waals surface area contributed by atoms with Gasteiger partial charge >= 0.3 is 0 Å². The highest BCUT2D eigenvalue weighted by molar-refractivity contribution is 5.83. The molecule has 0 aromatic heterocycles. The average molecular weight is 347 g/mol. The molecule has 1 aromatic rings. The molecule has 1 saturated heterocycles. The summed E-state index contributed by atoms with van der Waals surface area (Å²) in [6.45, 7) is 2.62. The number of ether oxygens (including phenoxy) is 2. The van der Waals surface area contributed by atoms with Gasteiger partial charge in [-0.3, -0.25) is 9.59 Å². The van der Waals surface area contributed by atoms with Gasteiger partial charge in [-0.2, -0.15) is 0 Å². The van der Waals surface area contributed by atoms with Crippen molar-refractivity contribution in [2.45, 2.75) is 18.4 Å². The molecule has 0 saturated carbocycles. The molecule has 25 heavy (non-hydrogen) atoms. The monoisotopic (exact) mass is 347 g/mol. The van der Waals surface area contributed by atoms with Crippen molar-refractivity contribution in [2.75, 3.05) is 51.4 Å². The minimum Gasteiger partial charge on any atom is -0.377 e. The van der Waals surface area contributed by atoms with Crippen molar-refractivity contribution >= 4 is 17.5 Å². The summed E-state index contributed by atoms with van der Waals surface area (Å²) in [4.78, 5) is 28.1. The van der Waals surface area contributed by atoms with E-state index in [1.54, 1.807) is 4.90 Å². The van der Waals surface area contributed by atoms with Crippen LogP contribution in [0.5, 0.6) is 0 Å². The highest BCUT2D eigenvalue weighted by atomic mass is 16.5. The Morgan fingerprint density at radius 2 is 2.12 bits per heavy atom. The number of methoxy groups -OCH3 is 1. The molecule has 2 aliphatic rings. The molecule has 0 unspecified atom stereocenters. The van der Waals surface area contributed by atoms with Gasteiger partial charge < -0.3 is 25.0 Å². The Bertz CT molecular complexity index is 651. The SMILES string of the molecule is CO[C@]1(CC(N)=O)COCCN(C(=O)CN2CCc3ccccc32)C1. The molecule has 2 heterocycles. The summed E-state index contributed by atoms with van der Waals surface area (Å²) in [6.07, 6.45) is 0.982. The zero-order chi connectivity index (χ0) is 17.9. The fraction of sp³-hybridized carbons (Fsp3) is 0.556. The van der Waals surface area contributed by atoms with Gasteiger partial charge in [0.25, 0.3) is 0 Å². The van der Waals surface area contributed by atoms with E-state index in [4.69, 9.17) is 15.2 Å². The van der Waals surface area contributed by atoms with Crippen LogP contribution in [0.15, 0.2) is 24.3 Å². The Labute approximate surface area is 147 Å². The molecule has 3 rings (SSSR count). The van der Waals surface area contributed by atoms with Crippen molar-refractivity contribution in [1.82, 2.24) is 4.90 Å². The highest BCUT2D eigenvalue weighted by Crippen LogP contribution is 2.27. The van der Waals surface area contributed by atoms with E-state index in [0.29, 0.717) is 26.2 Å². The lowest BCUT2D eigenvalue weighted by Gasteiger charge is -2.34. The zero-order valence-corrected chi connectivity index (χ0v) is 14.6. The van der Waals surface area contributed by atoms with Crippen LogP contribution in [-0.2, 0) is 25.5 Å². The van der Waals surface area contributed by atoms with E-state index in [2.05, 4.69) is 11.0 Å². The molecule has 2 N–H and O–H groups in total. The van der Waals surface area contributed by atoms with E-state index in [-0.39, 0.29) is 18.9 Å². The Morgan fingerprint density at radius 1 is 1.32 bits per heavy atom. The first-order valence-corrected chi connectivity index (χ1v) is 8.55. The van der Waals surface area contributed by atoms with Crippen molar-refractivity contribution in [3.8, 4) is 0 Å². The van der Waals surface area contributed by atoms with Gasteiger partial charge in [0.1, 0.15) is 5.60 Å². The van der Waals surface area contributed by atoms with Gasteiger partial charge in [0.15, 0.2) is 0 Å². The number of hydrogen-bond donors (Lipinski definition) is 1. The second kappa shape index (κ2) is 7.41. The van der Waals surface area contributed by atoms with E-state index in [1.807, 2.05) is 18.2 Å². The molecule has 0 aliphatic carbocycles. The molecule has 7 nitrogen and oxygen atoms in total. The van der Waals surface area contributed by atoms with Gasteiger partial charge in [-0.05, 0) is 18.1 Å². The first-order valence-electron chi connectivity index (χ1n) is 8.55. The van der Waals surface area contributed by atoms with Crippen LogP contribution in [0.2, 0.25) is 0 Å². The van der Waals surface area contributed by atoms with E-state index < -0.39 is 11.5 Å². The molecule has 0 radical (unpaired) electrons. The fourth-order valence-electron chi connectivity index (χ4n) is 3.57. The number of benzene rings is 1. The summed E-state index contributed by atoms with van der Waals surface area (Å²) in [5.74, 6) is -0.457. The number of nitrogens with two attached hydrogens (primary N) is 1. The largest absolute Gasteiger partial charge is 0.377 e. The predicted octanol–water partition coefficient (Wildman–Crippen LogP) is 0.169. The lowest BCUT2D eigenvalue weighted by molar-refractivity contribution is -0.138. The molecule has 1 aromatic carbocycles. The quantitative estimate of drug-likeness (QED) is 0.821. The molecule has 1 atom stereocenters. The number of fused-ring (bicyclic) bond motifs is 1.